The molecule has 3 heteroatoms. The Morgan fingerprint density at radius 2 is 2.00 bits per heavy atom. The Balaban J connectivity index is 1.94. The molecule has 86 valence electrons. The van der Waals surface area contributed by atoms with Crippen LogP contribution in [0, 0.1) is 5.82 Å². The van der Waals surface area contributed by atoms with Crippen LogP contribution < -0.4 is 5.32 Å². The van der Waals surface area contributed by atoms with Gasteiger partial charge >= 0.3 is 0 Å². The van der Waals surface area contributed by atoms with Gasteiger partial charge in [0.15, 0.2) is 0 Å². The summed E-state index contributed by atoms with van der Waals surface area (Å²) in [5.74, 6) is -0.188. The molecule has 0 saturated heterocycles. The lowest BCUT2D eigenvalue weighted by molar-refractivity contribution is 0.630. The van der Waals surface area contributed by atoms with Gasteiger partial charge in [-0.2, -0.15) is 0 Å². The summed E-state index contributed by atoms with van der Waals surface area (Å²) < 4.78 is 13.6. The van der Waals surface area contributed by atoms with Crippen LogP contribution in [0.15, 0.2) is 42.5 Å². The number of rotatable bonds is 1. The molecule has 1 aliphatic rings. The van der Waals surface area contributed by atoms with Gasteiger partial charge in [-0.25, -0.2) is 4.39 Å². The van der Waals surface area contributed by atoms with Crippen LogP contribution in [0.1, 0.15) is 17.2 Å². The summed E-state index contributed by atoms with van der Waals surface area (Å²) in [6.07, 6.45) is 0.799. The molecule has 1 aliphatic heterocycles. The maximum atomic E-state index is 13.6. The Morgan fingerprint density at radius 3 is 2.76 bits per heavy atom. The molecule has 3 rings (SSSR count). The largest absolute Gasteiger partial charge is 0.375 e. The summed E-state index contributed by atoms with van der Waals surface area (Å²) in [5.41, 5.74) is 2.74. The highest BCUT2D eigenvalue weighted by Crippen LogP contribution is 2.36. The van der Waals surface area contributed by atoms with E-state index in [0.29, 0.717) is 10.7 Å². The lowest BCUT2D eigenvalue weighted by atomic mass is 10.0. The lowest BCUT2D eigenvalue weighted by Crippen LogP contribution is -2.05. The lowest BCUT2D eigenvalue weighted by Gasteiger charge is -2.11. The molecule has 1 unspecified atom stereocenters. The second kappa shape index (κ2) is 4.04. The molecule has 0 amide bonds. The predicted molar refractivity (Wildman–Crippen MR) is 67.9 cm³/mol. The maximum absolute atomic E-state index is 13.6. The van der Waals surface area contributed by atoms with Crippen LogP contribution >= 0.6 is 11.6 Å². The standard InChI is InChI=1S/C14H11ClFN/c15-11-5-1-3-9(7-11)13-8-10-4-2-6-12(16)14(10)17-13/h1-7,13,17H,8H2. The molecule has 1 atom stereocenters. The third kappa shape index (κ3) is 1.89. The molecule has 0 radical (unpaired) electrons. The number of fused-ring (bicyclic) bond motifs is 1. The Bertz CT molecular complexity index is 568. The van der Waals surface area contributed by atoms with Crippen molar-refractivity contribution in [2.45, 2.75) is 12.5 Å². The SMILES string of the molecule is Fc1cccc2c1NC(c1cccc(Cl)c1)C2. The third-order valence-corrected chi connectivity index (χ3v) is 3.33. The molecule has 0 saturated carbocycles. The number of hydrogen-bond acceptors (Lipinski definition) is 1. The number of halogens is 2. The van der Waals surface area contributed by atoms with E-state index < -0.39 is 0 Å². The van der Waals surface area contributed by atoms with Crippen LogP contribution in [0.25, 0.3) is 0 Å². The summed E-state index contributed by atoms with van der Waals surface area (Å²) in [6, 6.07) is 13.0. The molecule has 0 fully saturated rings. The summed E-state index contributed by atoms with van der Waals surface area (Å²) in [7, 11) is 0. The Labute approximate surface area is 104 Å². The van der Waals surface area contributed by atoms with E-state index in [1.165, 1.54) is 6.07 Å². The molecule has 1 nitrogen and oxygen atoms in total. The highest BCUT2D eigenvalue weighted by molar-refractivity contribution is 6.30. The van der Waals surface area contributed by atoms with Crippen molar-refractivity contribution in [2.75, 3.05) is 5.32 Å². The van der Waals surface area contributed by atoms with Gasteiger partial charge in [-0.05, 0) is 35.7 Å². The van der Waals surface area contributed by atoms with Crippen LogP contribution in [-0.4, -0.2) is 0 Å². The van der Waals surface area contributed by atoms with E-state index >= 15 is 0 Å². The van der Waals surface area contributed by atoms with Gasteiger partial charge in [-0.3, -0.25) is 0 Å². The molecule has 0 aliphatic carbocycles. The fourth-order valence-electron chi connectivity index (χ4n) is 2.27. The van der Waals surface area contributed by atoms with Crippen molar-refractivity contribution >= 4 is 17.3 Å². The van der Waals surface area contributed by atoms with E-state index in [1.54, 1.807) is 6.07 Å². The van der Waals surface area contributed by atoms with E-state index in [2.05, 4.69) is 5.32 Å². The molecule has 2 aromatic rings. The van der Waals surface area contributed by atoms with Gasteiger partial charge in [0.2, 0.25) is 0 Å². The van der Waals surface area contributed by atoms with Gasteiger partial charge in [-0.1, -0.05) is 35.9 Å². The summed E-state index contributed by atoms with van der Waals surface area (Å²) >= 11 is 5.96. The number of benzene rings is 2. The van der Waals surface area contributed by atoms with Crippen molar-refractivity contribution in [3.05, 3.63) is 64.4 Å². The zero-order chi connectivity index (χ0) is 11.8. The van der Waals surface area contributed by atoms with Crippen molar-refractivity contribution in [1.29, 1.82) is 0 Å². The molecule has 0 aromatic heterocycles. The van der Waals surface area contributed by atoms with Crippen LogP contribution in [0.2, 0.25) is 5.02 Å². The predicted octanol–water partition coefficient (Wildman–Crippen LogP) is 4.19. The number of para-hydroxylation sites is 1. The van der Waals surface area contributed by atoms with Crippen molar-refractivity contribution < 1.29 is 4.39 Å². The van der Waals surface area contributed by atoms with E-state index in [-0.39, 0.29) is 11.9 Å². The summed E-state index contributed by atoms with van der Waals surface area (Å²) in [4.78, 5) is 0. The van der Waals surface area contributed by atoms with E-state index in [0.717, 1.165) is 17.5 Å². The first-order chi connectivity index (χ1) is 8.24. The second-order valence-electron chi connectivity index (χ2n) is 4.23. The topological polar surface area (TPSA) is 12.0 Å². The zero-order valence-corrected chi connectivity index (χ0v) is 9.84. The fourth-order valence-corrected chi connectivity index (χ4v) is 2.47. The van der Waals surface area contributed by atoms with E-state index in [9.17, 15) is 4.39 Å². The van der Waals surface area contributed by atoms with Crippen LogP contribution in [0.5, 0.6) is 0 Å². The number of hydrogen-bond donors (Lipinski definition) is 1. The highest BCUT2D eigenvalue weighted by atomic mass is 35.5. The molecule has 0 bridgehead atoms. The van der Waals surface area contributed by atoms with Crippen LogP contribution in [-0.2, 0) is 6.42 Å². The first-order valence-electron chi connectivity index (χ1n) is 5.53. The van der Waals surface area contributed by atoms with Crippen molar-refractivity contribution in [2.24, 2.45) is 0 Å². The normalized spacial score (nSPS) is 17.6. The quantitative estimate of drug-likeness (QED) is 0.797. The van der Waals surface area contributed by atoms with Gasteiger partial charge in [0, 0.05) is 5.02 Å². The number of anilines is 1. The molecular formula is C14H11ClFN. The molecule has 1 heterocycles. The minimum atomic E-state index is -0.188. The minimum Gasteiger partial charge on any atom is -0.375 e. The minimum absolute atomic E-state index is 0.112. The first kappa shape index (κ1) is 10.6. The number of nitrogens with one attached hydrogen (secondary N) is 1. The molecular weight excluding hydrogens is 237 g/mol. The van der Waals surface area contributed by atoms with E-state index in [1.807, 2.05) is 30.3 Å². The monoisotopic (exact) mass is 247 g/mol. The first-order valence-corrected chi connectivity index (χ1v) is 5.91. The van der Waals surface area contributed by atoms with Gasteiger partial charge in [0.05, 0.1) is 11.7 Å². The fraction of sp³-hybridized carbons (Fsp3) is 0.143. The molecule has 17 heavy (non-hydrogen) atoms. The second-order valence-corrected chi connectivity index (χ2v) is 4.67. The van der Waals surface area contributed by atoms with Crippen LogP contribution in [0.4, 0.5) is 10.1 Å². The van der Waals surface area contributed by atoms with Gasteiger partial charge < -0.3 is 5.32 Å². The molecule has 0 spiro atoms. The van der Waals surface area contributed by atoms with Gasteiger partial charge in [0.25, 0.3) is 0 Å². The average molecular weight is 248 g/mol. The smallest absolute Gasteiger partial charge is 0.146 e. The molecule has 2 aromatic carbocycles. The Hall–Kier alpha value is -1.54. The highest BCUT2D eigenvalue weighted by Gasteiger charge is 2.24. The van der Waals surface area contributed by atoms with Crippen LogP contribution in [0.3, 0.4) is 0 Å². The Kier molecular flexibility index (Phi) is 2.52. The van der Waals surface area contributed by atoms with Crippen molar-refractivity contribution in [3.63, 3.8) is 0 Å². The van der Waals surface area contributed by atoms with E-state index in [4.69, 9.17) is 11.6 Å². The molecule has 1 N–H and O–H groups in total. The maximum Gasteiger partial charge on any atom is 0.146 e. The van der Waals surface area contributed by atoms with Crippen molar-refractivity contribution in [1.82, 2.24) is 0 Å². The Morgan fingerprint density at radius 1 is 1.18 bits per heavy atom. The van der Waals surface area contributed by atoms with Gasteiger partial charge in [0.1, 0.15) is 5.82 Å². The third-order valence-electron chi connectivity index (χ3n) is 3.09. The van der Waals surface area contributed by atoms with Gasteiger partial charge in [-0.15, -0.1) is 0 Å². The summed E-state index contributed by atoms with van der Waals surface area (Å²) in [6.45, 7) is 0. The van der Waals surface area contributed by atoms with Crippen molar-refractivity contribution in [3.8, 4) is 0 Å². The zero-order valence-electron chi connectivity index (χ0n) is 9.08. The average Bonchev–Trinajstić information content (AvgIpc) is 2.74. The summed E-state index contributed by atoms with van der Waals surface area (Å²) in [5, 5.41) is 3.92.